The molecule has 1 saturated carbocycles. The summed E-state index contributed by atoms with van der Waals surface area (Å²) in [6, 6.07) is 11.2. The van der Waals surface area contributed by atoms with Gasteiger partial charge in [0.1, 0.15) is 0 Å². The number of nitrogens with one attached hydrogen (secondary N) is 1. The van der Waals surface area contributed by atoms with Crippen LogP contribution in [0.4, 0.5) is 0 Å². The van der Waals surface area contributed by atoms with Crippen LogP contribution in [0.3, 0.4) is 0 Å². The topological polar surface area (TPSA) is 38.0 Å². The lowest BCUT2D eigenvalue weighted by molar-refractivity contribution is 0.317. The van der Waals surface area contributed by atoms with E-state index >= 15 is 0 Å². The molecule has 0 spiro atoms. The Hall–Kier alpha value is -0.510. The highest BCUT2D eigenvalue weighted by Crippen LogP contribution is 2.22. The second-order valence-corrected chi connectivity index (χ2v) is 6.63. The Balaban J connectivity index is 1.46. The maximum absolute atomic E-state index is 5.92. The Morgan fingerprint density at radius 2 is 1.84 bits per heavy atom. The molecule has 0 aromatic heterocycles. The van der Waals surface area contributed by atoms with Crippen LogP contribution in [-0.2, 0) is 5.75 Å². The number of hydrogen-bond donors (Lipinski definition) is 2. The summed E-state index contributed by atoms with van der Waals surface area (Å²) in [5, 5.41) is 3.59. The van der Waals surface area contributed by atoms with Crippen molar-refractivity contribution in [1.82, 2.24) is 5.32 Å². The van der Waals surface area contributed by atoms with Crippen molar-refractivity contribution in [2.75, 3.05) is 18.8 Å². The van der Waals surface area contributed by atoms with Crippen LogP contribution < -0.4 is 11.1 Å². The molecule has 3 N–H and O–H groups in total. The van der Waals surface area contributed by atoms with Crippen LogP contribution in [-0.4, -0.2) is 24.9 Å². The second kappa shape index (κ2) is 8.62. The molecule has 1 aliphatic carbocycles. The number of rotatable bonds is 7. The van der Waals surface area contributed by atoms with Crippen LogP contribution in [0.1, 0.15) is 31.2 Å². The molecule has 0 bridgehead atoms. The fourth-order valence-corrected chi connectivity index (χ4v) is 3.47. The Bertz CT molecular complexity index is 334. The molecule has 2 nitrogen and oxygen atoms in total. The van der Waals surface area contributed by atoms with Gasteiger partial charge in [-0.3, -0.25) is 0 Å². The number of benzene rings is 1. The van der Waals surface area contributed by atoms with Crippen LogP contribution in [0, 0.1) is 5.92 Å². The van der Waals surface area contributed by atoms with E-state index in [4.69, 9.17) is 5.73 Å². The molecular formula is C16H26N2S. The average molecular weight is 278 g/mol. The van der Waals surface area contributed by atoms with E-state index < -0.39 is 0 Å². The van der Waals surface area contributed by atoms with E-state index in [-0.39, 0.29) is 0 Å². The Morgan fingerprint density at radius 1 is 1.11 bits per heavy atom. The molecule has 19 heavy (non-hydrogen) atoms. The monoisotopic (exact) mass is 278 g/mol. The van der Waals surface area contributed by atoms with E-state index in [9.17, 15) is 0 Å². The molecule has 1 fully saturated rings. The molecule has 0 radical (unpaired) electrons. The molecule has 0 atom stereocenters. The normalized spacial score (nSPS) is 23.4. The predicted molar refractivity (Wildman–Crippen MR) is 85.4 cm³/mol. The Labute approximate surface area is 121 Å². The fraction of sp³-hybridized carbons (Fsp3) is 0.625. The molecule has 1 aromatic rings. The second-order valence-electron chi connectivity index (χ2n) is 5.52. The van der Waals surface area contributed by atoms with Crippen LogP contribution in [0.15, 0.2) is 30.3 Å². The summed E-state index contributed by atoms with van der Waals surface area (Å²) >= 11 is 2.01. The van der Waals surface area contributed by atoms with Gasteiger partial charge in [0, 0.05) is 24.1 Å². The lowest BCUT2D eigenvalue weighted by atomic mass is 9.86. The molecule has 0 heterocycles. The van der Waals surface area contributed by atoms with E-state index in [1.54, 1.807) is 0 Å². The molecular weight excluding hydrogens is 252 g/mol. The first kappa shape index (κ1) is 14.9. The zero-order chi connectivity index (χ0) is 13.3. The lowest BCUT2D eigenvalue weighted by Crippen LogP contribution is -2.32. The lowest BCUT2D eigenvalue weighted by Gasteiger charge is -2.26. The van der Waals surface area contributed by atoms with Crippen molar-refractivity contribution in [3.8, 4) is 0 Å². The summed E-state index contributed by atoms with van der Waals surface area (Å²) in [6.45, 7) is 2.30. The maximum atomic E-state index is 5.92. The minimum atomic E-state index is 0.470. The number of thioether (sulfide) groups is 1. The van der Waals surface area contributed by atoms with Gasteiger partial charge in [0.25, 0.3) is 0 Å². The van der Waals surface area contributed by atoms with E-state index in [2.05, 4.69) is 35.6 Å². The fourth-order valence-electron chi connectivity index (χ4n) is 2.61. The minimum Gasteiger partial charge on any atom is -0.328 e. The van der Waals surface area contributed by atoms with Crippen molar-refractivity contribution in [3.05, 3.63) is 35.9 Å². The Morgan fingerprint density at radius 3 is 2.58 bits per heavy atom. The first-order valence-corrected chi connectivity index (χ1v) is 8.58. The number of nitrogens with two attached hydrogens (primary N) is 1. The van der Waals surface area contributed by atoms with Gasteiger partial charge in [0.15, 0.2) is 0 Å². The quantitative estimate of drug-likeness (QED) is 0.753. The molecule has 2 rings (SSSR count). The summed E-state index contributed by atoms with van der Waals surface area (Å²) in [7, 11) is 0. The zero-order valence-electron chi connectivity index (χ0n) is 11.7. The largest absolute Gasteiger partial charge is 0.328 e. The minimum absolute atomic E-state index is 0.470. The summed E-state index contributed by atoms with van der Waals surface area (Å²) < 4.78 is 0. The van der Waals surface area contributed by atoms with E-state index in [0.717, 1.165) is 18.2 Å². The highest BCUT2D eigenvalue weighted by atomic mass is 32.2. The van der Waals surface area contributed by atoms with Crippen molar-refractivity contribution < 1.29 is 0 Å². The smallest absolute Gasteiger partial charge is 0.0185 e. The molecule has 1 aliphatic rings. The first-order chi connectivity index (χ1) is 9.34. The SMILES string of the molecule is N[C@H]1CC[C@H](CNCCSCc2ccccc2)CC1. The van der Waals surface area contributed by atoms with Crippen LogP contribution in [0.2, 0.25) is 0 Å². The van der Waals surface area contributed by atoms with Crippen molar-refractivity contribution in [1.29, 1.82) is 0 Å². The third-order valence-electron chi connectivity index (χ3n) is 3.86. The number of hydrogen-bond acceptors (Lipinski definition) is 3. The van der Waals surface area contributed by atoms with Gasteiger partial charge in [-0.1, -0.05) is 30.3 Å². The molecule has 0 saturated heterocycles. The van der Waals surface area contributed by atoms with Crippen LogP contribution >= 0.6 is 11.8 Å². The predicted octanol–water partition coefficient (Wildman–Crippen LogP) is 3.03. The van der Waals surface area contributed by atoms with Gasteiger partial charge in [-0.25, -0.2) is 0 Å². The van der Waals surface area contributed by atoms with Gasteiger partial charge >= 0.3 is 0 Å². The standard InChI is InChI=1S/C16H26N2S/c17-16-8-6-14(7-9-16)12-18-10-11-19-13-15-4-2-1-3-5-15/h1-5,14,16,18H,6-13,17H2/t14-,16-. The van der Waals surface area contributed by atoms with Gasteiger partial charge < -0.3 is 11.1 Å². The van der Waals surface area contributed by atoms with Crippen molar-refractivity contribution in [2.45, 2.75) is 37.5 Å². The maximum Gasteiger partial charge on any atom is 0.0185 e. The molecule has 0 unspecified atom stereocenters. The Kier molecular flexibility index (Phi) is 6.75. The van der Waals surface area contributed by atoms with Gasteiger partial charge in [0.2, 0.25) is 0 Å². The van der Waals surface area contributed by atoms with Crippen molar-refractivity contribution >= 4 is 11.8 Å². The van der Waals surface area contributed by atoms with Crippen molar-refractivity contribution in [3.63, 3.8) is 0 Å². The summed E-state index contributed by atoms with van der Waals surface area (Å²) in [4.78, 5) is 0. The van der Waals surface area contributed by atoms with Crippen LogP contribution in [0.25, 0.3) is 0 Å². The summed E-state index contributed by atoms with van der Waals surface area (Å²) in [5.74, 6) is 3.18. The highest BCUT2D eigenvalue weighted by Gasteiger charge is 2.17. The molecule has 106 valence electrons. The first-order valence-electron chi connectivity index (χ1n) is 7.42. The van der Waals surface area contributed by atoms with E-state index in [1.165, 1.54) is 43.5 Å². The molecule has 3 heteroatoms. The molecule has 1 aromatic carbocycles. The van der Waals surface area contributed by atoms with E-state index in [1.807, 2.05) is 11.8 Å². The van der Waals surface area contributed by atoms with Crippen LogP contribution in [0.5, 0.6) is 0 Å². The molecule has 0 aliphatic heterocycles. The van der Waals surface area contributed by atoms with Gasteiger partial charge in [-0.05, 0) is 43.7 Å². The molecule has 0 amide bonds. The average Bonchev–Trinajstić information content (AvgIpc) is 2.46. The van der Waals surface area contributed by atoms with Gasteiger partial charge in [-0.2, -0.15) is 11.8 Å². The van der Waals surface area contributed by atoms with Gasteiger partial charge in [0.05, 0.1) is 0 Å². The summed E-state index contributed by atoms with van der Waals surface area (Å²) in [6.07, 6.45) is 5.06. The third kappa shape index (κ3) is 5.98. The van der Waals surface area contributed by atoms with E-state index in [0.29, 0.717) is 6.04 Å². The highest BCUT2D eigenvalue weighted by molar-refractivity contribution is 7.98. The summed E-state index contributed by atoms with van der Waals surface area (Å²) in [5.41, 5.74) is 7.35. The third-order valence-corrected chi connectivity index (χ3v) is 4.89. The van der Waals surface area contributed by atoms with Gasteiger partial charge in [-0.15, -0.1) is 0 Å². The van der Waals surface area contributed by atoms with Crippen molar-refractivity contribution in [2.24, 2.45) is 11.7 Å². The zero-order valence-corrected chi connectivity index (χ0v) is 12.5.